The summed E-state index contributed by atoms with van der Waals surface area (Å²) in [5.41, 5.74) is -0.766. The lowest BCUT2D eigenvalue weighted by molar-refractivity contribution is -0.135. The van der Waals surface area contributed by atoms with Crippen LogP contribution in [0.25, 0.3) is 0 Å². The summed E-state index contributed by atoms with van der Waals surface area (Å²) in [6.07, 6.45) is -0.0896. The third-order valence-electron chi connectivity index (χ3n) is 3.34. The van der Waals surface area contributed by atoms with Gasteiger partial charge in [0.2, 0.25) is 6.39 Å². The van der Waals surface area contributed by atoms with Crippen LogP contribution in [0.1, 0.15) is 35.5 Å². The van der Waals surface area contributed by atoms with E-state index in [1.807, 2.05) is 13.8 Å². The van der Waals surface area contributed by atoms with Crippen LogP contribution in [0.2, 0.25) is 0 Å². The molecule has 1 aliphatic rings. The van der Waals surface area contributed by atoms with Gasteiger partial charge in [0.15, 0.2) is 5.78 Å². The van der Waals surface area contributed by atoms with Crippen molar-refractivity contribution in [2.24, 2.45) is 5.92 Å². The van der Waals surface area contributed by atoms with Gasteiger partial charge in [0.1, 0.15) is 1.37 Å². The van der Waals surface area contributed by atoms with Gasteiger partial charge >= 0.3 is 0 Å². The van der Waals surface area contributed by atoms with Crippen LogP contribution in [-0.4, -0.2) is 28.7 Å². The molecule has 13 heavy (non-hydrogen) atoms. The Kier molecular flexibility index (Phi) is 2.10. The SMILES string of the molecule is [2H]C(=O)N1C(C)C(C)CC1(C)C(C)=O. The highest BCUT2D eigenvalue weighted by atomic mass is 16.2. The van der Waals surface area contributed by atoms with E-state index in [1.165, 1.54) is 11.8 Å². The van der Waals surface area contributed by atoms with Crippen LogP contribution in [0.15, 0.2) is 0 Å². The summed E-state index contributed by atoms with van der Waals surface area (Å²) >= 11 is 0. The second-order valence-electron chi connectivity index (χ2n) is 4.21. The molecule has 1 heterocycles. The molecule has 0 aromatic rings. The Labute approximate surface area is 80.5 Å². The van der Waals surface area contributed by atoms with Gasteiger partial charge in [-0.05, 0) is 33.1 Å². The number of ketones is 1. The van der Waals surface area contributed by atoms with Crippen LogP contribution in [-0.2, 0) is 9.59 Å². The maximum atomic E-state index is 11.5. The van der Waals surface area contributed by atoms with Crippen molar-refractivity contribution in [3.8, 4) is 0 Å². The van der Waals surface area contributed by atoms with E-state index in [1.54, 1.807) is 6.92 Å². The van der Waals surface area contributed by atoms with Crippen LogP contribution < -0.4 is 0 Å². The van der Waals surface area contributed by atoms with E-state index >= 15 is 0 Å². The Bertz CT molecular complexity index is 279. The monoisotopic (exact) mass is 184 g/mol. The zero-order valence-corrected chi connectivity index (χ0v) is 8.63. The summed E-state index contributed by atoms with van der Waals surface area (Å²) in [5, 5.41) is 0. The first-order chi connectivity index (χ1) is 6.30. The molecule has 0 bridgehead atoms. The fourth-order valence-corrected chi connectivity index (χ4v) is 2.10. The zero-order valence-electron chi connectivity index (χ0n) is 9.63. The van der Waals surface area contributed by atoms with Crippen LogP contribution in [0.4, 0.5) is 0 Å². The second-order valence-corrected chi connectivity index (χ2v) is 4.21. The lowest BCUT2D eigenvalue weighted by Crippen LogP contribution is -2.48. The number of rotatable bonds is 1. The maximum absolute atomic E-state index is 11.5. The maximum Gasteiger partial charge on any atom is 0.210 e. The van der Waals surface area contributed by atoms with E-state index in [4.69, 9.17) is 1.37 Å². The molecule has 0 aromatic carbocycles. The molecule has 1 saturated heterocycles. The molecule has 1 aliphatic heterocycles. The summed E-state index contributed by atoms with van der Waals surface area (Å²) in [4.78, 5) is 24.1. The zero-order chi connectivity index (χ0) is 11.1. The molecule has 0 radical (unpaired) electrons. The van der Waals surface area contributed by atoms with Crippen molar-refractivity contribution in [2.75, 3.05) is 0 Å². The molecule has 0 saturated carbocycles. The summed E-state index contributed by atoms with van der Waals surface area (Å²) in [5.74, 6) is 0.243. The predicted molar refractivity (Wildman–Crippen MR) is 50.2 cm³/mol. The standard InChI is InChI=1S/C10H17NO2/c1-7-5-10(4,9(3)13)11(6-12)8(7)2/h6-8H,5H2,1-4H3/i6D. The molecular formula is C10H17NO2. The molecule has 1 amide bonds. The van der Waals surface area contributed by atoms with Gasteiger partial charge in [-0.3, -0.25) is 9.59 Å². The fourth-order valence-electron chi connectivity index (χ4n) is 2.10. The highest BCUT2D eigenvalue weighted by Gasteiger charge is 2.47. The van der Waals surface area contributed by atoms with Crippen molar-refractivity contribution in [1.82, 2.24) is 4.90 Å². The predicted octanol–water partition coefficient (Wildman–Crippen LogP) is 1.22. The third kappa shape index (κ3) is 1.36. The second kappa shape index (κ2) is 3.13. The minimum absolute atomic E-state index is 0.0195. The van der Waals surface area contributed by atoms with Crippen LogP contribution in [0.5, 0.6) is 0 Å². The highest BCUT2D eigenvalue weighted by molar-refractivity contribution is 5.88. The van der Waals surface area contributed by atoms with E-state index in [-0.39, 0.29) is 17.7 Å². The van der Waals surface area contributed by atoms with E-state index in [2.05, 4.69) is 0 Å². The largest absolute Gasteiger partial charge is 0.330 e. The number of carbonyl (C=O) groups excluding carboxylic acids is 2. The molecule has 0 aliphatic carbocycles. The van der Waals surface area contributed by atoms with Gasteiger partial charge < -0.3 is 4.90 Å². The van der Waals surface area contributed by atoms with Gasteiger partial charge in [0, 0.05) is 6.04 Å². The number of hydrogen-bond donors (Lipinski definition) is 0. The number of likely N-dealkylation sites (tertiary alicyclic amines) is 1. The fraction of sp³-hybridized carbons (Fsp3) is 0.800. The summed E-state index contributed by atoms with van der Waals surface area (Å²) < 4.78 is 7.18. The molecule has 74 valence electrons. The number of Topliss-reactive ketones (excluding diaryl/α,β-unsaturated/α-hetero) is 1. The number of amides is 1. The quantitative estimate of drug-likeness (QED) is 0.575. The molecule has 3 unspecified atom stereocenters. The first kappa shape index (κ1) is 8.73. The van der Waals surface area contributed by atoms with E-state index in [9.17, 15) is 9.59 Å². The molecule has 0 aromatic heterocycles. The van der Waals surface area contributed by atoms with Crippen molar-refractivity contribution in [2.45, 2.75) is 45.7 Å². The van der Waals surface area contributed by atoms with Crippen molar-refractivity contribution in [3.05, 3.63) is 0 Å². The summed E-state index contributed by atoms with van der Waals surface area (Å²) in [7, 11) is 0. The average molecular weight is 184 g/mol. The lowest BCUT2D eigenvalue weighted by atomic mass is 9.91. The Balaban J connectivity index is 3.08. The van der Waals surface area contributed by atoms with Crippen molar-refractivity contribution in [3.63, 3.8) is 0 Å². The van der Waals surface area contributed by atoms with E-state index in [0.29, 0.717) is 6.42 Å². The van der Waals surface area contributed by atoms with Crippen LogP contribution >= 0.6 is 0 Å². The molecule has 0 N–H and O–H groups in total. The molecular weight excluding hydrogens is 166 g/mol. The Hall–Kier alpha value is -0.860. The van der Waals surface area contributed by atoms with Gasteiger partial charge in [-0.1, -0.05) is 6.92 Å². The summed E-state index contributed by atoms with van der Waals surface area (Å²) in [6, 6.07) is -0.0195. The number of nitrogens with zero attached hydrogens (tertiary/aromatic N) is 1. The minimum Gasteiger partial charge on any atom is -0.330 e. The first-order valence-corrected chi connectivity index (χ1v) is 4.61. The normalized spacial score (nSPS) is 40.3. The van der Waals surface area contributed by atoms with Crippen molar-refractivity contribution < 1.29 is 11.0 Å². The Morgan fingerprint density at radius 2 is 2.23 bits per heavy atom. The topological polar surface area (TPSA) is 37.4 Å². The van der Waals surface area contributed by atoms with Gasteiger partial charge in [0.05, 0.1) is 5.54 Å². The molecule has 3 heteroatoms. The Morgan fingerprint density at radius 1 is 1.69 bits per heavy atom. The number of hydrogen-bond acceptors (Lipinski definition) is 2. The van der Waals surface area contributed by atoms with Crippen LogP contribution in [0, 0.1) is 5.92 Å². The van der Waals surface area contributed by atoms with Gasteiger partial charge in [0.25, 0.3) is 0 Å². The van der Waals surface area contributed by atoms with Gasteiger partial charge in [-0.25, -0.2) is 0 Å². The molecule has 0 spiro atoms. The summed E-state index contributed by atoms with van der Waals surface area (Å²) in [6.45, 7) is 7.14. The van der Waals surface area contributed by atoms with Gasteiger partial charge in [-0.15, -0.1) is 0 Å². The number of carbonyl (C=O) groups is 2. The lowest BCUT2D eigenvalue weighted by Gasteiger charge is -2.32. The molecule has 1 rings (SSSR count). The van der Waals surface area contributed by atoms with E-state index < -0.39 is 11.9 Å². The Morgan fingerprint density at radius 3 is 2.54 bits per heavy atom. The molecule has 3 nitrogen and oxygen atoms in total. The van der Waals surface area contributed by atoms with Gasteiger partial charge in [-0.2, -0.15) is 0 Å². The molecule has 1 fully saturated rings. The van der Waals surface area contributed by atoms with Crippen molar-refractivity contribution in [1.29, 1.82) is 0 Å². The average Bonchev–Trinajstić information content (AvgIpc) is 2.24. The van der Waals surface area contributed by atoms with Crippen molar-refractivity contribution >= 4 is 12.2 Å². The molecule has 3 atom stereocenters. The smallest absolute Gasteiger partial charge is 0.210 e. The van der Waals surface area contributed by atoms with E-state index in [0.717, 1.165) is 0 Å². The minimum atomic E-state index is -0.766. The highest BCUT2D eigenvalue weighted by Crippen LogP contribution is 2.36. The third-order valence-corrected chi connectivity index (χ3v) is 3.34. The van der Waals surface area contributed by atoms with Crippen LogP contribution in [0.3, 0.4) is 0 Å². The first-order valence-electron chi connectivity index (χ1n) is 5.11.